The Kier molecular flexibility index (Phi) is 7.65. The number of aliphatic hydroxyl groups excluding tert-OH is 4. The Morgan fingerprint density at radius 1 is 1.04 bits per heavy atom. The molecular weight excluding hydrogens is 320 g/mol. The molecule has 0 saturated heterocycles. The van der Waals surface area contributed by atoms with E-state index in [9.17, 15) is 19.8 Å². The summed E-state index contributed by atoms with van der Waals surface area (Å²) < 4.78 is 0. The molecule has 24 heavy (non-hydrogen) atoms. The molecule has 0 aliphatic heterocycles. The molecule has 0 bridgehead atoms. The molecule has 0 atom stereocenters. The largest absolute Gasteiger partial charge is 0.395 e. The second-order valence-electron chi connectivity index (χ2n) is 5.32. The molecule has 0 saturated carbocycles. The van der Waals surface area contributed by atoms with Crippen LogP contribution in [0.2, 0.25) is 0 Å². The second-order valence-corrected chi connectivity index (χ2v) is 5.32. The molecule has 1 aromatic heterocycles. The van der Waals surface area contributed by atoms with Gasteiger partial charge >= 0.3 is 0 Å². The van der Waals surface area contributed by atoms with Crippen LogP contribution in [0.1, 0.15) is 27.9 Å². The Labute approximate surface area is 138 Å². The molecule has 134 valence electrons. The second kappa shape index (κ2) is 9.23. The highest BCUT2D eigenvalue weighted by atomic mass is 16.3. The number of nitrogens with zero attached hydrogens (tertiary/aromatic N) is 3. The first-order chi connectivity index (χ1) is 11.4. The van der Waals surface area contributed by atoms with Crippen molar-refractivity contribution in [3.63, 3.8) is 0 Å². The number of carbonyl (C=O) groups excluding carboxylic acids is 2. The molecule has 10 nitrogen and oxygen atoms in total. The van der Waals surface area contributed by atoms with Gasteiger partial charge < -0.3 is 30.6 Å². The average molecular weight is 342 g/mol. The predicted molar refractivity (Wildman–Crippen MR) is 82.1 cm³/mol. The molecule has 0 aliphatic rings. The summed E-state index contributed by atoms with van der Waals surface area (Å²) in [5.74, 6) is -1.46. The normalized spacial score (nSPS) is 11.2. The molecule has 0 aromatic carbocycles. The van der Waals surface area contributed by atoms with E-state index in [0.29, 0.717) is 0 Å². The summed E-state index contributed by atoms with van der Waals surface area (Å²) in [6.45, 7) is -0.322. The molecule has 0 fully saturated rings. The maximum Gasteiger partial charge on any atom is 0.275 e. The van der Waals surface area contributed by atoms with Gasteiger partial charge in [0, 0.05) is 25.5 Å². The zero-order valence-electron chi connectivity index (χ0n) is 13.3. The maximum absolute atomic E-state index is 12.5. The summed E-state index contributed by atoms with van der Waals surface area (Å²) in [5.41, 5.74) is -1.82. The van der Waals surface area contributed by atoms with Gasteiger partial charge in [-0.25, -0.2) is 9.97 Å². The molecule has 0 aliphatic carbocycles. The van der Waals surface area contributed by atoms with Gasteiger partial charge in [-0.2, -0.15) is 0 Å². The first-order valence-electron chi connectivity index (χ1n) is 7.28. The van der Waals surface area contributed by atoms with Gasteiger partial charge in [0.15, 0.2) is 11.4 Å². The Balaban J connectivity index is 3.11. The maximum atomic E-state index is 12.5. The number of hydrogen-bond donors (Lipinski definition) is 5. The summed E-state index contributed by atoms with van der Waals surface area (Å²) in [4.78, 5) is 33.7. The lowest BCUT2D eigenvalue weighted by Crippen LogP contribution is -2.52. The highest BCUT2D eigenvalue weighted by Gasteiger charge is 2.29. The average Bonchev–Trinajstić information content (AvgIpc) is 2.60. The van der Waals surface area contributed by atoms with Gasteiger partial charge in [0.25, 0.3) is 11.8 Å². The van der Waals surface area contributed by atoms with Gasteiger partial charge in [0.1, 0.15) is 0 Å². The van der Waals surface area contributed by atoms with Crippen LogP contribution in [0.3, 0.4) is 0 Å². The standard InChI is InChI=1S/C14H22N4O6/c1-14(8-21,9-22)17-12(23)10-11(16-3-2-15-10)13(24)18(4-6-19)5-7-20/h2-3,19-22H,4-9H2,1H3,(H,17,23). The third-order valence-electron chi connectivity index (χ3n) is 3.26. The van der Waals surface area contributed by atoms with Crippen LogP contribution in [-0.2, 0) is 0 Å². The van der Waals surface area contributed by atoms with Crippen molar-refractivity contribution in [2.24, 2.45) is 0 Å². The minimum absolute atomic E-state index is 0.0397. The van der Waals surface area contributed by atoms with E-state index >= 15 is 0 Å². The molecule has 1 rings (SSSR count). The van der Waals surface area contributed by atoms with Crippen molar-refractivity contribution in [1.29, 1.82) is 0 Å². The van der Waals surface area contributed by atoms with E-state index in [1.165, 1.54) is 19.3 Å². The zero-order valence-corrected chi connectivity index (χ0v) is 13.3. The van der Waals surface area contributed by atoms with Crippen molar-refractivity contribution in [3.05, 3.63) is 23.8 Å². The fraction of sp³-hybridized carbons (Fsp3) is 0.571. The molecule has 0 unspecified atom stereocenters. The first-order valence-corrected chi connectivity index (χ1v) is 7.28. The topological polar surface area (TPSA) is 156 Å². The van der Waals surface area contributed by atoms with Crippen LogP contribution in [0, 0.1) is 0 Å². The molecule has 1 heterocycles. The van der Waals surface area contributed by atoms with Gasteiger partial charge in [0.2, 0.25) is 0 Å². The highest BCUT2D eigenvalue weighted by molar-refractivity contribution is 6.04. The van der Waals surface area contributed by atoms with Crippen LogP contribution in [0.5, 0.6) is 0 Å². The number of carbonyl (C=O) groups is 2. The molecule has 5 N–H and O–H groups in total. The highest BCUT2D eigenvalue weighted by Crippen LogP contribution is 2.09. The van der Waals surface area contributed by atoms with Crippen molar-refractivity contribution in [2.75, 3.05) is 39.5 Å². The molecule has 1 aromatic rings. The van der Waals surface area contributed by atoms with Crippen molar-refractivity contribution < 1.29 is 30.0 Å². The molecule has 10 heteroatoms. The van der Waals surface area contributed by atoms with Crippen LogP contribution in [-0.4, -0.2) is 92.2 Å². The lowest BCUT2D eigenvalue weighted by Gasteiger charge is -2.26. The fourth-order valence-corrected chi connectivity index (χ4v) is 1.83. The van der Waals surface area contributed by atoms with Crippen molar-refractivity contribution in [2.45, 2.75) is 12.5 Å². The summed E-state index contributed by atoms with van der Waals surface area (Å²) in [5, 5.41) is 38.9. The summed E-state index contributed by atoms with van der Waals surface area (Å²) in [6.07, 6.45) is 2.46. The van der Waals surface area contributed by atoms with Gasteiger partial charge in [-0.1, -0.05) is 0 Å². The lowest BCUT2D eigenvalue weighted by atomic mass is 10.1. The number of aromatic nitrogens is 2. The number of aliphatic hydroxyl groups is 4. The van der Waals surface area contributed by atoms with Crippen LogP contribution in [0.25, 0.3) is 0 Å². The van der Waals surface area contributed by atoms with E-state index < -0.39 is 30.6 Å². The van der Waals surface area contributed by atoms with Gasteiger partial charge in [0.05, 0.1) is 32.0 Å². The minimum Gasteiger partial charge on any atom is -0.395 e. The Bertz CT molecular complexity index is 558. The summed E-state index contributed by atoms with van der Waals surface area (Å²) in [6, 6.07) is 0. The molecule has 2 amide bonds. The molecule has 0 spiro atoms. The van der Waals surface area contributed by atoms with E-state index in [2.05, 4.69) is 15.3 Å². The Hall–Kier alpha value is -2.14. The van der Waals surface area contributed by atoms with Crippen LogP contribution >= 0.6 is 0 Å². The SMILES string of the molecule is CC(CO)(CO)NC(=O)c1nccnc1C(=O)N(CCO)CCO. The lowest BCUT2D eigenvalue weighted by molar-refractivity contribution is 0.0659. The monoisotopic (exact) mass is 342 g/mol. The fourth-order valence-electron chi connectivity index (χ4n) is 1.83. The van der Waals surface area contributed by atoms with E-state index in [4.69, 9.17) is 10.2 Å². The molecule has 0 radical (unpaired) electrons. The third kappa shape index (κ3) is 4.93. The summed E-state index contributed by atoms with van der Waals surface area (Å²) >= 11 is 0. The van der Waals surface area contributed by atoms with Crippen LogP contribution in [0.15, 0.2) is 12.4 Å². The number of hydrogen-bond acceptors (Lipinski definition) is 8. The smallest absolute Gasteiger partial charge is 0.275 e. The van der Waals surface area contributed by atoms with Crippen LogP contribution < -0.4 is 5.32 Å². The van der Waals surface area contributed by atoms with Crippen LogP contribution in [0.4, 0.5) is 0 Å². The summed E-state index contributed by atoms with van der Waals surface area (Å²) in [7, 11) is 0. The van der Waals surface area contributed by atoms with Gasteiger partial charge in [-0.15, -0.1) is 0 Å². The van der Waals surface area contributed by atoms with E-state index in [-0.39, 0.29) is 37.7 Å². The minimum atomic E-state index is -1.29. The number of rotatable bonds is 9. The zero-order chi connectivity index (χ0) is 18.2. The van der Waals surface area contributed by atoms with Crippen molar-refractivity contribution in [3.8, 4) is 0 Å². The quantitative estimate of drug-likeness (QED) is 0.326. The number of amides is 2. The van der Waals surface area contributed by atoms with E-state index in [1.807, 2.05) is 0 Å². The van der Waals surface area contributed by atoms with E-state index in [0.717, 1.165) is 4.90 Å². The Morgan fingerprint density at radius 2 is 1.54 bits per heavy atom. The van der Waals surface area contributed by atoms with Gasteiger partial charge in [-0.05, 0) is 6.92 Å². The van der Waals surface area contributed by atoms with Gasteiger partial charge in [-0.3, -0.25) is 9.59 Å². The number of nitrogens with one attached hydrogen (secondary N) is 1. The van der Waals surface area contributed by atoms with E-state index in [1.54, 1.807) is 0 Å². The van der Waals surface area contributed by atoms with Crippen molar-refractivity contribution in [1.82, 2.24) is 20.2 Å². The third-order valence-corrected chi connectivity index (χ3v) is 3.26. The predicted octanol–water partition coefficient (Wildman–Crippen LogP) is -2.62. The molecular formula is C14H22N4O6. The van der Waals surface area contributed by atoms with Crippen molar-refractivity contribution >= 4 is 11.8 Å². The Morgan fingerprint density at radius 3 is 2.00 bits per heavy atom. The first kappa shape index (κ1) is 19.9.